The van der Waals surface area contributed by atoms with Crippen LogP contribution in [0, 0.1) is 41.9 Å². The van der Waals surface area contributed by atoms with Gasteiger partial charge < -0.3 is 99.0 Å². The topological polar surface area (TPSA) is 450 Å². The van der Waals surface area contributed by atoms with Gasteiger partial charge in [-0.1, -0.05) is 46.8 Å². The summed E-state index contributed by atoms with van der Waals surface area (Å²) in [6, 6.07) is 7.54. The van der Waals surface area contributed by atoms with Gasteiger partial charge in [0.15, 0.2) is 23.1 Å². The number of anilines is 3. The maximum Gasteiger partial charge on any atom is 0.524 e. The summed E-state index contributed by atoms with van der Waals surface area (Å²) in [4.78, 5) is 182. The first kappa shape index (κ1) is 98.7. The predicted octanol–water partition coefficient (Wildman–Crippen LogP) is 9.47. The van der Waals surface area contributed by atoms with Gasteiger partial charge in [0.25, 0.3) is 0 Å². The molecule has 0 radical (unpaired) electrons. The minimum atomic E-state index is -5.00. The molecule has 35 nitrogen and oxygen atoms in total. The van der Waals surface area contributed by atoms with Crippen molar-refractivity contribution >= 4 is 147 Å². The van der Waals surface area contributed by atoms with E-state index in [4.69, 9.17) is 71.4 Å². The number of imide groups is 1. The Balaban J connectivity index is 0.591. The van der Waals surface area contributed by atoms with Gasteiger partial charge >= 0.3 is 26.0 Å². The van der Waals surface area contributed by atoms with Gasteiger partial charge in [0.2, 0.25) is 35.4 Å². The first-order valence-corrected chi connectivity index (χ1v) is 45.9. The molecule has 3 aliphatic carbocycles. The smallest absolute Gasteiger partial charge is 0.445 e. The molecule has 5 heterocycles. The number of fused-ring (bicyclic) bond motifs is 6. The lowest BCUT2D eigenvalue weighted by Crippen LogP contribution is -2.73. The number of H-pyrrole nitrogens is 2. The fourth-order valence-corrected chi connectivity index (χ4v) is 18.8. The van der Waals surface area contributed by atoms with E-state index in [2.05, 4.69) is 31.2 Å². The number of carbonyl (C=O) groups is 11. The summed E-state index contributed by atoms with van der Waals surface area (Å²) in [5, 5.41) is 12.4. The molecule has 6 atom stereocenters. The van der Waals surface area contributed by atoms with E-state index in [0.717, 1.165) is 27.6 Å². The number of thioether (sulfide) groups is 1. The number of phosphoric ester groups is 1. The molecule has 125 heavy (non-hydrogen) atoms. The number of hydrogen-bond acceptors (Lipinski definition) is 23. The largest absolute Gasteiger partial charge is 0.524 e. The van der Waals surface area contributed by atoms with Gasteiger partial charge in [-0.15, -0.1) is 35.0 Å². The zero-order valence-electron chi connectivity index (χ0n) is 73.3. The molecular weight excluding hydrogens is 1700 g/mol. The van der Waals surface area contributed by atoms with Gasteiger partial charge in [-0.2, -0.15) is 0 Å². The molecule has 39 heteroatoms. The Morgan fingerprint density at radius 3 is 1.69 bits per heavy atom. The van der Waals surface area contributed by atoms with E-state index in [1.807, 2.05) is 55.4 Å². The Labute approximate surface area is 742 Å². The number of halogens is 2. The van der Waals surface area contributed by atoms with Crippen molar-refractivity contribution in [3.63, 3.8) is 0 Å². The van der Waals surface area contributed by atoms with E-state index in [9.17, 15) is 67.1 Å². The summed E-state index contributed by atoms with van der Waals surface area (Å²) in [6.45, 7) is 22.8. The summed E-state index contributed by atoms with van der Waals surface area (Å²) in [5.41, 5.74) is 8.77. The van der Waals surface area contributed by atoms with Crippen LogP contribution in [0.2, 0.25) is 0 Å². The number of hydrogen-bond donors (Lipinski definition) is 9. The highest BCUT2D eigenvalue weighted by molar-refractivity contribution is 8.00. The average Bonchev–Trinajstić information content (AvgIpc) is 1.59. The molecule has 1 saturated heterocycles. The lowest BCUT2D eigenvalue weighted by molar-refractivity contribution is -0.205. The molecule has 11 rings (SSSR count). The molecule has 0 spiro atoms. The second-order valence-corrected chi connectivity index (χ2v) is 38.2. The van der Waals surface area contributed by atoms with E-state index in [-0.39, 0.29) is 206 Å². The van der Waals surface area contributed by atoms with Crippen molar-refractivity contribution in [1.29, 1.82) is 0 Å². The van der Waals surface area contributed by atoms with Gasteiger partial charge in [-0.25, -0.2) is 18.9 Å². The van der Waals surface area contributed by atoms with Gasteiger partial charge in [-0.05, 0) is 113 Å². The number of carbonyl (C=O) groups excluding carboxylic acids is 11. The highest BCUT2D eigenvalue weighted by atomic mass is 35.5. The molecular formula is C86H121Cl2N12O23PS. The zero-order chi connectivity index (χ0) is 91.0. The quantitative estimate of drug-likeness (QED) is 0.00757. The number of amides is 10. The van der Waals surface area contributed by atoms with Crippen molar-refractivity contribution in [2.75, 3.05) is 165 Å². The Bertz CT molecular complexity index is 4740. The van der Waals surface area contributed by atoms with E-state index >= 15 is 0 Å². The maximum absolute atomic E-state index is 15.0. The first-order chi connectivity index (χ1) is 59.2. The van der Waals surface area contributed by atoms with Gasteiger partial charge in [-0.3, -0.25) is 53.0 Å². The summed E-state index contributed by atoms with van der Waals surface area (Å²) in [5.74, 6) is -3.12. The van der Waals surface area contributed by atoms with Gasteiger partial charge in [0.05, 0.1) is 136 Å². The number of rotatable bonds is 49. The normalized spacial score (nSPS) is 19.2. The summed E-state index contributed by atoms with van der Waals surface area (Å²) < 4.78 is 62.5. The molecule has 6 aliphatic rings. The zero-order valence-corrected chi connectivity index (χ0v) is 76.5. The van der Waals surface area contributed by atoms with Crippen molar-refractivity contribution in [2.45, 2.75) is 162 Å². The van der Waals surface area contributed by atoms with Crippen LogP contribution < -0.4 is 46.1 Å². The van der Waals surface area contributed by atoms with Crippen LogP contribution >= 0.6 is 42.8 Å². The lowest BCUT2D eigenvalue weighted by Gasteiger charge is -2.69. The Morgan fingerprint density at radius 2 is 1.20 bits per heavy atom. The number of phosphoric acid groups is 1. The third-order valence-corrected chi connectivity index (χ3v) is 25.4. The minimum absolute atomic E-state index is 0.0215. The molecule has 2 aromatic heterocycles. The number of nitrogens with two attached hydrogens (primary N) is 1. The number of nitrogens with one attached hydrogen (secondary N) is 6. The van der Waals surface area contributed by atoms with E-state index < -0.39 is 77.4 Å². The highest BCUT2D eigenvalue weighted by Gasteiger charge is 2.76. The molecule has 688 valence electrons. The number of ether oxygens (including phenoxy) is 8. The fourth-order valence-electron chi connectivity index (χ4n) is 16.7. The summed E-state index contributed by atoms with van der Waals surface area (Å²) in [6.07, 6.45) is 3.17. The number of aryl methyl sites for hydroxylation is 2. The predicted molar refractivity (Wildman–Crippen MR) is 471 cm³/mol. The number of primary amides is 1. The Kier molecular flexibility index (Phi) is 34.4. The van der Waals surface area contributed by atoms with Crippen LogP contribution in [-0.4, -0.2) is 273 Å². The number of alkyl halides is 2. The number of ketones is 2. The second-order valence-electron chi connectivity index (χ2n) is 35.2. The van der Waals surface area contributed by atoms with Crippen LogP contribution in [0.5, 0.6) is 11.5 Å². The molecule has 5 aromatic rings. The number of benzene rings is 3. The van der Waals surface area contributed by atoms with Crippen LogP contribution in [-0.2, 0) is 82.7 Å². The van der Waals surface area contributed by atoms with E-state index in [1.54, 1.807) is 66.4 Å². The molecule has 3 saturated carbocycles. The van der Waals surface area contributed by atoms with Crippen molar-refractivity contribution in [3.8, 4) is 11.5 Å². The monoisotopic (exact) mass is 1820 g/mol. The van der Waals surface area contributed by atoms with Crippen LogP contribution in [0.3, 0.4) is 0 Å². The van der Waals surface area contributed by atoms with Crippen molar-refractivity contribution in [2.24, 2.45) is 33.8 Å². The third kappa shape index (κ3) is 25.3. The minimum Gasteiger partial charge on any atom is -0.445 e. The van der Waals surface area contributed by atoms with Crippen LogP contribution in [0.1, 0.15) is 146 Å². The highest BCUT2D eigenvalue weighted by Crippen LogP contribution is 2.75. The Hall–Kier alpha value is -8.49. The second kappa shape index (κ2) is 43.5. The first-order valence-electron chi connectivity index (χ1n) is 42.3. The van der Waals surface area contributed by atoms with Crippen LogP contribution in [0.15, 0.2) is 48.8 Å². The van der Waals surface area contributed by atoms with E-state index in [0.29, 0.717) is 97.5 Å². The molecule has 4 fully saturated rings. The van der Waals surface area contributed by atoms with E-state index in [1.165, 1.54) is 46.6 Å². The number of nitrogens with zero attached hydrogens (tertiary/aromatic N) is 5. The number of likely N-dealkylation sites (N-methyl/N-ethyl adjacent to an activating group) is 2. The average molecular weight is 1820 g/mol. The van der Waals surface area contributed by atoms with Crippen molar-refractivity contribution in [3.05, 3.63) is 76.6 Å². The Morgan fingerprint density at radius 1 is 0.704 bits per heavy atom. The molecule has 1 unspecified atom stereocenters. The fraction of sp³-hybridized carbons (Fsp3) is 0.616. The number of aromatic nitrogens is 2. The number of aromatic amines is 2. The summed E-state index contributed by atoms with van der Waals surface area (Å²) >= 11 is 14.6. The lowest BCUT2D eigenvalue weighted by atomic mass is 9.34. The summed E-state index contributed by atoms with van der Waals surface area (Å²) in [7, 11) is -1.98. The van der Waals surface area contributed by atoms with Crippen LogP contribution in [0.4, 0.5) is 31.4 Å². The van der Waals surface area contributed by atoms with Crippen molar-refractivity contribution < 1.29 is 110 Å². The van der Waals surface area contributed by atoms with Crippen LogP contribution in [0.25, 0.3) is 21.8 Å². The maximum atomic E-state index is 15.0. The SMILES string of the molecule is Cc1c[nH]c2c(OC(=O)N(C)CCN(C)C(=O)OCc3ccc(NC(=O)[C@H](CCCNC(N)=O)CC(=O)[C@@H](NC(=O)CCOCCOCCOCCOCCOCCOCCN4C(=O)CC(SC[C@@H](NC(C)(C)C)C(=O)C(C)(C)C)C4=O)C(C)C)cc3)cc3c(c12)[C@H](CCl)CN3C(=O)C12CC(C(=O)N3C[C@@H](CCl)c4c3cc(OP(=O)(O)O)c3[nH]cc(C)c43)(C1)C2. The van der Waals surface area contributed by atoms with Gasteiger partial charge in [0, 0.05) is 153 Å². The number of urea groups is 1. The molecule has 3 aromatic carbocycles. The molecule has 10 amide bonds. The van der Waals surface area contributed by atoms with Crippen molar-refractivity contribution in [1.82, 2.24) is 40.6 Å². The van der Waals surface area contributed by atoms with Gasteiger partial charge in [0.1, 0.15) is 6.61 Å². The molecule has 10 N–H and O–H groups in total. The standard InChI is InChI=1S/C86H121Cl2N12O23PS/c1-51(2)72(94-66(102)19-24-115-26-28-117-30-32-119-34-35-120-33-31-118-29-27-116-25-23-98-67(103)39-65(77(98)106)125-47-59(95-84(8,9)10)75(104)83(5,6)7)62(101)36-55(14-13-20-90-80(89)109)76(105)93-58-17-15-54(16-18-58)46-121-81(110)96(11)21-22-97(12)82(111)122-63-37-60-70(68-52(3)42-91-73(63)68)56(40-87)44-99(60)78(107)85-48-86(49-85,50-85)79(108)100-45-57(41-88)71-61(100)38-64(123-124(112,113)114)74-69(71)53(4)43-92-74/h15-18,37-38,42-43,51,55-57,59,65,72,91-92,95H,13-14,19-36,39-41,44-50H2,1-12H3,(H,93,105)(H,94,102)(H3,89,90,109)(H2,112,113,114)/t55-,56-,57-,59-,65?,72+,85?,86?/m1/s1. The molecule has 2 bridgehead atoms. The molecule has 3 aliphatic heterocycles. The number of Topliss-reactive ketones (excluding diaryl/α,β-unsaturated/α-hetero) is 2. The number of likely N-dealkylation sites (tertiary alicyclic amines) is 1. The third-order valence-electron chi connectivity index (χ3n) is 23.0.